The molecular weight excluding hydrogens is 182 g/mol. The van der Waals surface area contributed by atoms with Gasteiger partial charge in [0.25, 0.3) is 0 Å². The Kier molecular flexibility index (Phi) is 1.53. The van der Waals surface area contributed by atoms with Crippen LogP contribution >= 0.6 is 0 Å². The van der Waals surface area contributed by atoms with Gasteiger partial charge in [-0.15, -0.1) is 0 Å². The Balaban J connectivity index is 1.85. The molecular formula is C10H15NO3. The standard InChI is InChI=1S/C10H15NO3/c12-10(5-11(13)14)8-2-1-6-3-7(8)9(10)4-6/h6-9,12H,1-5H2. The fourth-order valence-electron chi connectivity index (χ4n) is 4.28. The van der Waals surface area contributed by atoms with Gasteiger partial charge in [0.2, 0.25) is 6.54 Å². The maximum absolute atomic E-state index is 10.5. The highest BCUT2D eigenvalue weighted by molar-refractivity contribution is 5.15. The lowest BCUT2D eigenvalue weighted by Gasteiger charge is -2.54. The minimum Gasteiger partial charge on any atom is -0.382 e. The van der Waals surface area contributed by atoms with Gasteiger partial charge in [-0.1, -0.05) is 6.42 Å². The van der Waals surface area contributed by atoms with Gasteiger partial charge in [-0.25, -0.2) is 0 Å². The molecule has 1 N–H and O–H groups in total. The van der Waals surface area contributed by atoms with Crippen molar-refractivity contribution < 1.29 is 10.0 Å². The highest BCUT2D eigenvalue weighted by Gasteiger charge is 2.68. The van der Waals surface area contributed by atoms with Gasteiger partial charge in [0, 0.05) is 4.92 Å². The van der Waals surface area contributed by atoms with E-state index in [9.17, 15) is 15.2 Å². The van der Waals surface area contributed by atoms with E-state index in [-0.39, 0.29) is 23.3 Å². The second-order valence-electron chi connectivity index (χ2n) is 5.27. The molecule has 0 aromatic heterocycles. The molecule has 4 heteroatoms. The van der Waals surface area contributed by atoms with Crippen LogP contribution in [0.15, 0.2) is 0 Å². The molecule has 4 nitrogen and oxygen atoms in total. The summed E-state index contributed by atoms with van der Waals surface area (Å²) >= 11 is 0. The lowest BCUT2D eigenvalue weighted by atomic mass is 9.53. The Morgan fingerprint density at radius 3 is 2.86 bits per heavy atom. The fourth-order valence-corrected chi connectivity index (χ4v) is 4.28. The Hall–Kier alpha value is -0.640. The van der Waals surface area contributed by atoms with Crippen LogP contribution < -0.4 is 0 Å². The lowest BCUT2D eigenvalue weighted by Crippen LogP contribution is -2.63. The first-order chi connectivity index (χ1) is 6.61. The molecule has 0 aliphatic heterocycles. The molecule has 5 atom stereocenters. The van der Waals surface area contributed by atoms with Gasteiger partial charge in [0.1, 0.15) is 5.60 Å². The summed E-state index contributed by atoms with van der Waals surface area (Å²) in [5, 5.41) is 20.8. The molecule has 5 unspecified atom stereocenters. The van der Waals surface area contributed by atoms with Crippen molar-refractivity contribution in [2.45, 2.75) is 31.3 Å². The molecule has 14 heavy (non-hydrogen) atoms. The zero-order chi connectivity index (χ0) is 9.92. The van der Waals surface area contributed by atoms with E-state index in [1.165, 1.54) is 12.8 Å². The number of nitro groups is 1. The van der Waals surface area contributed by atoms with Crippen LogP contribution in [0.25, 0.3) is 0 Å². The first-order valence-corrected chi connectivity index (χ1v) is 5.45. The molecule has 0 aromatic carbocycles. The van der Waals surface area contributed by atoms with Crippen molar-refractivity contribution in [3.8, 4) is 0 Å². The highest BCUT2D eigenvalue weighted by atomic mass is 16.6. The van der Waals surface area contributed by atoms with Crippen LogP contribution in [0.3, 0.4) is 0 Å². The van der Waals surface area contributed by atoms with Gasteiger partial charge in [0.05, 0.1) is 0 Å². The van der Waals surface area contributed by atoms with E-state index in [1.807, 2.05) is 0 Å². The Labute approximate surface area is 82.5 Å². The summed E-state index contributed by atoms with van der Waals surface area (Å²) < 4.78 is 0. The number of nitrogens with zero attached hydrogens (tertiary/aromatic N) is 1. The average Bonchev–Trinajstić information content (AvgIpc) is 2.31. The van der Waals surface area contributed by atoms with Crippen LogP contribution in [-0.4, -0.2) is 22.2 Å². The van der Waals surface area contributed by atoms with Gasteiger partial charge in [-0.2, -0.15) is 0 Å². The SMILES string of the molecule is O=[N+]([O-])CC1(O)C2CCC3CC2C1C3. The maximum atomic E-state index is 10.5. The smallest absolute Gasteiger partial charge is 0.232 e. The summed E-state index contributed by atoms with van der Waals surface area (Å²) in [4.78, 5) is 10.2. The van der Waals surface area contributed by atoms with Crippen molar-refractivity contribution in [2.24, 2.45) is 23.7 Å². The van der Waals surface area contributed by atoms with Gasteiger partial charge in [-0.05, 0) is 42.9 Å². The van der Waals surface area contributed by atoms with Gasteiger partial charge in [0.15, 0.2) is 0 Å². The van der Waals surface area contributed by atoms with Crippen molar-refractivity contribution in [1.29, 1.82) is 0 Å². The minimum atomic E-state index is -0.945. The molecule has 0 spiro atoms. The van der Waals surface area contributed by atoms with E-state index in [0.29, 0.717) is 5.92 Å². The summed E-state index contributed by atoms with van der Waals surface area (Å²) in [6.45, 7) is -0.231. The van der Waals surface area contributed by atoms with Crippen LogP contribution in [0.4, 0.5) is 0 Å². The third kappa shape index (κ3) is 0.874. The van der Waals surface area contributed by atoms with E-state index in [1.54, 1.807) is 0 Å². The topological polar surface area (TPSA) is 63.4 Å². The Morgan fingerprint density at radius 1 is 1.36 bits per heavy atom. The molecule has 3 rings (SSSR count). The third-order valence-electron chi connectivity index (χ3n) is 4.78. The molecule has 0 amide bonds. The molecule has 3 aliphatic rings. The first-order valence-electron chi connectivity index (χ1n) is 5.45. The predicted molar refractivity (Wildman–Crippen MR) is 49.2 cm³/mol. The highest BCUT2D eigenvalue weighted by Crippen LogP contribution is 2.65. The van der Waals surface area contributed by atoms with E-state index in [0.717, 1.165) is 18.8 Å². The Morgan fingerprint density at radius 2 is 2.14 bits per heavy atom. The Bertz CT molecular complexity index is 285. The molecule has 3 saturated carbocycles. The third-order valence-corrected chi connectivity index (χ3v) is 4.78. The predicted octanol–water partition coefficient (Wildman–Crippen LogP) is 1.06. The van der Waals surface area contributed by atoms with Crippen LogP contribution in [0.1, 0.15) is 25.7 Å². The summed E-state index contributed by atoms with van der Waals surface area (Å²) in [6.07, 6.45) is 4.44. The molecule has 0 aromatic rings. The quantitative estimate of drug-likeness (QED) is 0.531. The number of hydrogen-bond donors (Lipinski definition) is 1. The van der Waals surface area contributed by atoms with E-state index in [2.05, 4.69) is 0 Å². The second kappa shape index (κ2) is 2.48. The van der Waals surface area contributed by atoms with E-state index in [4.69, 9.17) is 0 Å². The fraction of sp³-hybridized carbons (Fsp3) is 1.00. The molecule has 0 heterocycles. The summed E-state index contributed by atoms with van der Waals surface area (Å²) in [7, 11) is 0. The van der Waals surface area contributed by atoms with E-state index >= 15 is 0 Å². The monoisotopic (exact) mass is 197 g/mol. The van der Waals surface area contributed by atoms with Crippen LogP contribution in [-0.2, 0) is 0 Å². The minimum absolute atomic E-state index is 0.231. The van der Waals surface area contributed by atoms with Gasteiger partial charge < -0.3 is 5.11 Å². The van der Waals surface area contributed by atoms with Gasteiger partial charge in [-0.3, -0.25) is 10.1 Å². The number of hydrogen-bond acceptors (Lipinski definition) is 3. The number of aliphatic hydroxyl groups is 1. The largest absolute Gasteiger partial charge is 0.382 e. The molecule has 3 fully saturated rings. The van der Waals surface area contributed by atoms with E-state index < -0.39 is 5.60 Å². The zero-order valence-corrected chi connectivity index (χ0v) is 8.06. The van der Waals surface area contributed by atoms with Crippen LogP contribution in [0.5, 0.6) is 0 Å². The number of rotatable bonds is 2. The lowest BCUT2D eigenvalue weighted by molar-refractivity contribution is -0.516. The molecule has 2 bridgehead atoms. The summed E-state index contributed by atoms with van der Waals surface area (Å²) in [6, 6.07) is 0. The summed E-state index contributed by atoms with van der Waals surface area (Å²) in [5.41, 5.74) is -0.945. The van der Waals surface area contributed by atoms with Crippen LogP contribution in [0.2, 0.25) is 0 Å². The average molecular weight is 197 g/mol. The molecule has 78 valence electrons. The van der Waals surface area contributed by atoms with Crippen molar-refractivity contribution in [3.63, 3.8) is 0 Å². The van der Waals surface area contributed by atoms with Crippen molar-refractivity contribution >= 4 is 0 Å². The van der Waals surface area contributed by atoms with Crippen LogP contribution in [0, 0.1) is 33.8 Å². The van der Waals surface area contributed by atoms with Crippen molar-refractivity contribution in [1.82, 2.24) is 0 Å². The molecule has 3 aliphatic carbocycles. The first kappa shape index (κ1) is 8.65. The van der Waals surface area contributed by atoms with Crippen molar-refractivity contribution in [3.05, 3.63) is 10.1 Å². The molecule has 0 radical (unpaired) electrons. The summed E-state index contributed by atoms with van der Waals surface area (Å²) in [5.74, 6) is 1.84. The van der Waals surface area contributed by atoms with Crippen molar-refractivity contribution in [2.75, 3.05) is 6.54 Å². The normalized spacial score (nSPS) is 54.1. The van der Waals surface area contributed by atoms with Gasteiger partial charge >= 0.3 is 0 Å². The zero-order valence-electron chi connectivity index (χ0n) is 8.06. The maximum Gasteiger partial charge on any atom is 0.232 e. The second-order valence-corrected chi connectivity index (χ2v) is 5.27. The molecule has 0 saturated heterocycles. The number of fused-ring (bicyclic) bond motifs is 1.